The second-order valence-corrected chi connectivity index (χ2v) is 7.03. The molecule has 0 saturated carbocycles. The number of nitrogens with one attached hydrogen (secondary N) is 1. The van der Waals surface area contributed by atoms with E-state index in [0.717, 1.165) is 21.5 Å². The monoisotopic (exact) mass is 311 g/mol. The van der Waals surface area contributed by atoms with Gasteiger partial charge in [-0.05, 0) is 24.3 Å². The predicted octanol–water partition coefficient (Wildman–Crippen LogP) is 4.34. The van der Waals surface area contributed by atoms with E-state index in [0.29, 0.717) is 5.82 Å². The van der Waals surface area contributed by atoms with Gasteiger partial charge in [-0.1, -0.05) is 32.9 Å². The Balaban J connectivity index is 1.91. The molecule has 112 valence electrons. The number of fused-ring (bicyclic) bond motifs is 1. The van der Waals surface area contributed by atoms with E-state index in [2.05, 4.69) is 15.3 Å². The molecule has 5 heteroatoms. The van der Waals surface area contributed by atoms with Crippen molar-refractivity contribution in [2.75, 3.05) is 5.32 Å². The predicted molar refractivity (Wildman–Crippen MR) is 90.9 cm³/mol. The van der Waals surface area contributed by atoms with Crippen molar-refractivity contribution >= 4 is 33.3 Å². The number of pyridine rings is 1. The van der Waals surface area contributed by atoms with E-state index in [1.807, 2.05) is 56.6 Å². The minimum atomic E-state index is -0.447. The van der Waals surface area contributed by atoms with Crippen molar-refractivity contribution in [3.05, 3.63) is 41.9 Å². The third-order valence-electron chi connectivity index (χ3n) is 3.30. The van der Waals surface area contributed by atoms with Crippen molar-refractivity contribution in [1.29, 1.82) is 0 Å². The first-order chi connectivity index (χ1) is 10.4. The highest BCUT2D eigenvalue weighted by Gasteiger charge is 2.21. The number of hydrogen-bond acceptors (Lipinski definition) is 4. The highest BCUT2D eigenvalue weighted by atomic mass is 32.1. The lowest BCUT2D eigenvalue weighted by Crippen LogP contribution is -2.28. The van der Waals surface area contributed by atoms with Crippen molar-refractivity contribution in [3.63, 3.8) is 0 Å². The molecule has 1 N–H and O–H groups in total. The zero-order chi connectivity index (χ0) is 15.7. The molecule has 0 aliphatic carbocycles. The Kier molecular flexibility index (Phi) is 3.66. The first-order valence-electron chi connectivity index (χ1n) is 7.06. The molecule has 0 saturated heterocycles. The topological polar surface area (TPSA) is 54.9 Å². The van der Waals surface area contributed by atoms with Gasteiger partial charge in [0, 0.05) is 11.0 Å². The zero-order valence-electron chi connectivity index (χ0n) is 12.8. The van der Waals surface area contributed by atoms with E-state index in [1.54, 1.807) is 17.4 Å². The van der Waals surface area contributed by atoms with E-state index >= 15 is 0 Å². The lowest BCUT2D eigenvalue weighted by atomic mass is 9.96. The molecule has 3 rings (SSSR count). The highest BCUT2D eigenvalue weighted by molar-refractivity contribution is 7.16. The summed E-state index contributed by atoms with van der Waals surface area (Å²) in [6, 6.07) is 11.7. The van der Waals surface area contributed by atoms with Gasteiger partial charge in [-0.25, -0.2) is 9.97 Å². The first kappa shape index (κ1) is 14.7. The minimum Gasteiger partial charge on any atom is -0.310 e. The average Bonchev–Trinajstić information content (AvgIpc) is 2.94. The number of amides is 1. The molecule has 2 aromatic heterocycles. The Morgan fingerprint density at radius 3 is 2.77 bits per heavy atom. The molecule has 4 nitrogen and oxygen atoms in total. The van der Waals surface area contributed by atoms with Gasteiger partial charge in [0.25, 0.3) is 0 Å². The van der Waals surface area contributed by atoms with Gasteiger partial charge in [0.15, 0.2) is 0 Å². The summed E-state index contributed by atoms with van der Waals surface area (Å²) in [5, 5.41) is 2.86. The molecule has 0 fully saturated rings. The molecular formula is C17H17N3OS. The summed E-state index contributed by atoms with van der Waals surface area (Å²) in [5.74, 6) is 0.517. The van der Waals surface area contributed by atoms with E-state index < -0.39 is 5.41 Å². The van der Waals surface area contributed by atoms with Crippen LogP contribution in [0.15, 0.2) is 41.9 Å². The summed E-state index contributed by atoms with van der Waals surface area (Å²) in [4.78, 5) is 20.9. The second-order valence-electron chi connectivity index (χ2n) is 6.15. The van der Waals surface area contributed by atoms with Crippen LogP contribution in [0, 0.1) is 5.41 Å². The number of nitrogens with zero attached hydrogens (tertiary/aromatic N) is 2. The van der Waals surface area contributed by atoms with Gasteiger partial charge in [0.2, 0.25) is 5.91 Å². The van der Waals surface area contributed by atoms with Crippen LogP contribution in [-0.4, -0.2) is 15.9 Å². The molecule has 22 heavy (non-hydrogen) atoms. The van der Waals surface area contributed by atoms with Gasteiger partial charge >= 0.3 is 0 Å². The molecule has 2 heterocycles. The molecule has 0 bridgehead atoms. The van der Waals surface area contributed by atoms with Crippen LogP contribution in [0.4, 0.5) is 5.82 Å². The molecule has 1 amide bonds. The third-order valence-corrected chi connectivity index (χ3v) is 4.11. The number of aromatic nitrogens is 2. The normalized spacial score (nSPS) is 11.6. The fourth-order valence-corrected chi connectivity index (χ4v) is 2.64. The average molecular weight is 311 g/mol. The van der Waals surface area contributed by atoms with Crippen LogP contribution in [0.3, 0.4) is 0 Å². The van der Waals surface area contributed by atoms with Crippen LogP contribution >= 0.6 is 11.3 Å². The number of rotatable bonds is 2. The van der Waals surface area contributed by atoms with Crippen molar-refractivity contribution in [2.45, 2.75) is 20.8 Å². The lowest BCUT2D eigenvalue weighted by Gasteiger charge is -2.17. The summed E-state index contributed by atoms with van der Waals surface area (Å²) in [7, 11) is 0. The maximum absolute atomic E-state index is 12.1. The molecule has 3 aromatic rings. The number of carbonyl (C=O) groups excluding carboxylic acids is 1. The van der Waals surface area contributed by atoms with Crippen LogP contribution in [-0.2, 0) is 4.79 Å². The highest BCUT2D eigenvalue weighted by Crippen LogP contribution is 2.25. The smallest absolute Gasteiger partial charge is 0.230 e. The van der Waals surface area contributed by atoms with Crippen molar-refractivity contribution in [1.82, 2.24) is 9.97 Å². The van der Waals surface area contributed by atoms with Gasteiger partial charge in [0.05, 0.1) is 21.4 Å². The van der Waals surface area contributed by atoms with E-state index in [4.69, 9.17) is 0 Å². The summed E-state index contributed by atoms with van der Waals surface area (Å²) in [5.41, 5.74) is 4.17. The van der Waals surface area contributed by atoms with Gasteiger partial charge in [-0.3, -0.25) is 4.79 Å². The Morgan fingerprint density at radius 2 is 2.00 bits per heavy atom. The standard InChI is InChI=1S/C17H17N3OS/c1-17(2,3)16(21)20-15-6-4-5-12(19-15)11-7-8-14-13(9-11)18-10-22-14/h4-10H,1-3H3,(H,19,20,21). The molecule has 0 atom stereocenters. The van der Waals surface area contributed by atoms with Gasteiger partial charge in [0.1, 0.15) is 5.82 Å². The Morgan fingerprint density at radius 1 is 1.18 bits per heavy atom. The van der Waals surface area contributed by atoms with Crippen LogP contribution < -0.4 is 5.32 Å². The number of hydrogen-bond donors (Lipinski definition) is 1. The van der Waals surface area contributed by atoms with Crippen LogP contribution in [0.5, 0.6) is 0 Å². The zero-order valence-corrected chi connectivity index (χ0v) is 13.6. The van der Waals surface area contributed by atoms with Crippen LogP contribution in [0.1, 0.15) is 20.8 Å². The first-order valence-corrected chi connectivity index (χ1v) is 7.93. The number of benzene rings is 1. The van der Waals surface area contributed by atoms with Crippen molar-refractivity contribution in [3.8, 4) is 11.3 Å². The Labute approximate surface area is 133 Å². The maximum atomic E-state index is 12.1. The molecule has 0 aliphatic heterocycles. The van der Waals surface area contributed by atoms with E-state index in [9.17, 15) is 4.79 Å². The minimum absolute atomic E-state index is 0.0490. The number of thiazole rings is 1. The van der Waals surface area contributed by atoms with Crippen molar-refractivity contribution in [2.24, 2.45) is 5.41 Å². The number of carbonyl (C=O) groups is 1. The molecule has 0 spiro atoms. The van der Waals surface area contributed by atoms with Crippen LogP contribution in [0.25, 0.3) is 21.5 Å². The lowest BCUT2D eigenvalue weighted by molar-refractivity contribution is -0.123. The van der Waals surface area contributed by atoms with E-state index in [-0.39, 0.29) is 5.91 Å². The van der Waals surface area contributed by atoms with E-state index in [1.165, 1.54) is 0 Å². The molecule has 0 unspecified atom stereocenters. The summed E-state index contributed by atoms with van der Waals surface area (Å²) in [6.45, 7) is 5.63. The molecule has 0 aliphatic rings. The third kappa shape index (κ3) is 2.99. The molecular weight excluding hydrogens is 294 g/mol. The Bertz CT molecular complexity index is 833. The van der Waals surface area contributed by atoms with Crippen LogP contribution in [0.2, 0.25) is 0 Å². The van der Waals surface area contributed by atoms with Gasteiger partial charge in [-0.15, -0.1) is 11.3 Å². The molecule has 1 aromatic carbocycles. The summed E-state index contributed by atoms with van der Waals surface area (Å²) in [6.07, 6.45) is 0. The summed E-state index contributed by atoms with van der Waals surface area (Å²) < 4.78 is 1.15. The van der Waals surface area contributed by atoms with Gasteiger partial charge < -0.3 is 5.32 Å². The SMILES string of the molecule is CC(C)(C)C(=O)Nc1cccc(-c2ccc3scnc3c2)n1. The molecule has 0 radical (unpaired) electrons. The fourth-order valence-electron chi connectivity index (χ4n) is 1.99. The van der Waals surface area contributed by atoms with Crippen molar-refractivity contribution < 1.29 is 4.79 Å². The fraction of sp³-hybridized carbons (Fsp3) is 0.235. The maximum Gasteiger partial charge on any atom is 0.230 e. The summed E-state index contributed by atoms with van der Waals surface area (Å²) >= 11 is 1.62. The largest absolute Gasteiger partial charge is 0.310 e. The second kappa shape index (κ2) is 5.50. The Hall–Kier alpha value is -2.27. The van der Waals surface area contributed by atoms with Gasteiger partial charge in [-0.2, -0.15) is 0 Å². The quantitative estimate of drug-likeness (QED) is 0.766. The number of anilines is 1.